The van der Waals surface area contributed by atoms with Gasteiger partial charge in [-0.15, -0.1) is 0 Å². The first-order chi connectivity index (χ1) is 13.0. The van der Waals surface area contributed by atoms with E-state index < -0.39 is 15.9 Å². The molecule has 150 valence electrons. The van der Waals surface area contributed by atoms with Gasteiger partial charge < -0.3 is 16.0 Å². The maximum absolute atomic E-state index is 12.4. The van der Waals surface area contributed by atoms with Crippen LogP contribution >= 0.6 is 97.8 Å². The van der Waals surface area contributed by atoms with E-state index in [2.05, 4.69) is 31.9 Å². The number of amides is 1. The SMILES string of the molecule is O=C(N[C@H](NC(=S)Nc1c(Cl)cc(Cl)cc1Cl)C(Cl)(Cl)Cl)c1ccc(Br)cc1. The molecule has 0 aliphatic carbocycles. The monoisotopic (exact) mass is 581 g/mol. The Morgan fingerprint density at radius 2 is 1.54 bits per heavy atom. The number of hydrogen-bond donors (Lipinski definition) is 3. The van der Waals surface area contributed by atoms with Crippen molar-refractivity contribution >= 4 is 114 Å². The van der Waals surface area contributed by atoms with Gasteiger partial charge in [0.25, 0.3) is 5.91 Å². The molecular weight excluding hydrogens is 575 g/mol. The molecule has 2 aromatic carbocycles. The van der Waals surface area contributed by atoms with Crippen molar-refractivity contribution < 1.29 is 4.79 Å². The van der Waals surface area contributed by atoms with Crippen molar-refractivity contribution in [3.8, 4) is 0 Å². The predicted octanol–water partition coefficient (Wildman–Crippen LogP) is 6.82. The summed E-state index contributed by atoms with van der Waals surface area (Å²) in [6.45, 7) is 0. The third-order valence-corrected chi connectivity index (χ3v) is 5.45. The fraction of sp³-hybridized carbons (Fsp3) is 0.125. The summed E-state index contributed by atoms with van der Waals surface area (Å²) < 4.78 is -1.09. The van der Waals surface area contributed by atoms with Gasteiger partial charge in [0, 0.05) is 15.1 Å². The minimum atomic E-state index is -1.91. The Labute approximate surface area is 205 Å². The van der Waals surface area contributed by atoms with E-state index >= 15 is 0 Å². The predicted molar refractivity (Wildman–Crippen MR) is 127 cm³/mol. The first-order valence-electron chi connectivity index (χ1n) is 7.32. The van der Waals surface area contributed by atoms with Crippen molar-refractivity contribution in [3.63, 3.8) is 0 Å². The lowest BCUT2D eigenvalue weighted by Crippen LogP contribution is -2.56. The summed E-state index contributed by atoms with van der Waals surface area (Å²) in [6, 6.07) is 9.62. The average Bonchev–Trinajstić information content (AvgIpc) is 2.57. The average molecular weight is 585 g/mol. The zero-order valence-corrected chi connectivity index (χ0v) is 20.4. The first kappa shape index (κ1) is 24.1. The van der Waals surface area contributed by atoms with Crippen molar-refractivity contribution in [2.75, 3.05) is 5.32 Å². The minimum absolute atomic E-state index is 0.0125. The molecule has 0 fully saturated rings. The van der Waals surface area contributed by atoms with Crippen molar-refractivity contribution in [3.05, 3.63) is 61.5 Å². The Morgan fingerprint density at radius 3 is 2.04 bits per heavy atom. The number of rotatable bonds is 4. The van der Waals surface area contributed by atoms with Crippen LogP contribution in [-0.4, -0.2) is 21.0 Å². The summed E-state index contributed by atoms with van der Waals surface area (Å²) in [5, 5.41) is 8.94. The van der Waals surface area contributed by atoms with Crippen molar-refractivity contribution in [1.29, 1.82) is 0 Å². The molecule has 0 unspecified atom stereocenters. The second kappa shape index (κ2) is 10.2. The maximum atomic E-state index is 12.4. The molecule has 3 N–H and O–H groups in total. The standard InChI is InChI=1S/C16H10BrCl6N3OS/c17-8-3-1-7(2-4-8)13(27)25-14(16(21,22)23)26-15(28)24-12-10(19)5-9(18)6-11(12)20/h1-6,14H,(H,25,27)(H2,24,26,28)/t14-/m1/s1. The Balaban J connectivity index is 2.13. The molecule has 0 bridgehead atoms. The number of carbonyl (C=O) groups excluding carboxylic acids is 1. The lowest BCUT2D eigenvalue weighted by molar-refractivity contribution is 0.0934. The number of benzene rings is 2. The van der Waals surface area contributed by atoms with Gasteiger partial charge in [0.05, 0.1) is 15.7 Å². The van der Waals surface area contributed by atoms with Crippen LogP contribution < -0.4 is 16.0 Å². The van der Waals surface area contributed by atoms with Gasteiger partial charge in [0.2, 0.25) is 3.79 Å². The van der Waals surface area contributed by atoms with E-state index in [4.69, 9.17) is 81.8 Å². The van der Waals surface area contributed by atoms with Gasteiger partial charge in [-0.3, -0.25) is 4.79 Å². The second-order valence-electron chi connectivity index (χ2n) is 5.30. The summed E-state index contributed by atoms with van der Waals surface area (Å²) in [6.07, 6.45) is -1.15. The van der Waals surface area contributed by atoms with E-state index in [9.17, 15) is 4.79 Å². The summed E-state index contributed by atoms with van der Waals surface area (Å²) in [4.78, 5) is 12.4. The van der Waals surface area contributed by atoms with E-state index in [1.54, 1.807) is 24.3 Å². The number of anilines is 1. The Hall–Kier alpha value is -0.180. The highest BCUT2D eigenvalue weighted by molar-refractivity contribution is 9.10. The molecule has 0 radical (unpaired) electrons. The normalized spacial score (nSPS) is 12.2. The van der Waals surface area contributed by atoms with Crippen LogP contribution in [0, 0.1) is 0 Å². The number of halogens is 7. The van der Waals surface area contributed by atoms with Crippen LogP contribution in [0.5, 0.6) is 0 Å². The molecule has 0 aliphatic heterocycles. The zero-order valence-electron chi connectivity index (χ0n) is 13.5. The molecule has 2 rings (SSSR count). The molecule has 0 heterocycles. The quantitative estimate of drug-likeness (QED) is 0.210. The third-order valence-electron chi connectivity index (χ3n) is 3.23. The van der Waals surface area contributed by atoms with Gasteiger partial charge in [-0.2, -0.15) is 0 Å². The molecule has 1 atom stereocenters. The minimum Gasteiger partial charge on any atom is -0.339 e. The van der Waals surface area contributed by atoms with Crippen LogP contribution in [0.3, 0.4) is 0 Å². The lowest BCUT2D eigenvalue weighted by atomic mass is 10.2. The molecule has 0 aromatic heterocycles. The van der Waals surface area contributed by atoms with Crippen LogP contribution in [0.1, 0.15) is 10.4 Å². The Morgan fingerprint density at radius 1 is 1.00 bits per heavy atom. The lowest BCUT2D eigenvalue weighted by Gasteiger charge is -2.28. The molecular formula is C16H10BrCl6N3OS. The summed E-state index contributed by atoms with van der Waals surface area (Å²) >= 11 is 44.5. The first-order valence-corrected chi connectivity index (χ1v) is 10.8. The molecule has 0 aliphatic rings. The van der Waals surface area contributed by atoms with E-state index in [0.29, 0.717) is 16.3 Å². The topological polar surface area (TPSA) is 53.2 Å². The van der Waals surface area contributed by atoms with Crippen LogP contribution in [0.25, 0.3) is 0 Å². The van der Waals surface area contributed by atoms with Gasteiger partial charge in [0.1, 0.15) is 6.17 Å². The van der Waals surface area contributed by atoms with Gasteiger partial charge in [-0.25, -0.2) is 0 Å². The number of alkyl halides is 3. The molecule has 0 spiro atoms. The molecule has 0 saturated carbocycles. The highest BCUT2D eigenvalue weighted by Gasteiger charge is 2.35. The fourth-order valence-corrected chi connectivity index (χ4v) is 3.68. The molecule has 2 aromatic rings. The van der Waals surface area contributed by atoms with Gasteiger partial charge in [0.15, 0.2) is 5.11 Å². The number of hydrogen-bond acceptors (Lipinski definition) is 2. The summed E-state index contributed by atoms with van der Waals surface area (Å²) in [5.41, 5.74) is 0.680. The zero-order chi connectivity index (χ0) is 21.1. The van der Waals surface area contributed by atoms with E-state index in [0.717, 1.165) is 4.47 Å². The third kappa shape index (κ3) is 6.96. The molecule has 1 amide bonds. The van der Waals surface area contributed by atoms with E-state index in [1.807, 2.05) is 0 Å². The smallest absolute Gasteiger partial charge is 0.252 e. The summed E-state index contributed by atoms with van der Waals surface area (Å²) in [5.74, 6) is -0.471. The molecule has 4 nitrogen and oxygen atoms in total. The van der Waals surface area contributed by atoms with E-state index in [1.165, 1.54) is 12.1 Å². The highest BCUT2D eigenvalue weighted by atomic mass is 79.9. The van der Waals surface area contributed by atoms with Crippen molar-refractivity contribution in [2.45, 2.75) is 9.96 Å². The number of carbonyl (C=O) groups is 1. The largest absolute Gasteiger partial charge is 0.339 e. The van der Waals surface area contributed by atoms with Crippen LogP contribution in [-0.2, 0) is 0 Å². The van der Waals surface area contributed by atoms with Crippen molar-refractivity contribution in [2.24, 2.45) is 0 Å². The Bertz CT molecular complexity index is 868. The molecule has 0 saturated heterocycles. The van der Waals surface area contributed by atoms with Crippen molar-refractivity contribution in [1.82, 2.24) is 10.6 Å². The van der Waals surface area contributed by atoms with Gasteiger partial charge in [-0.05, 0) is 48.6 Å². The number of thiocarbonyl (C=S) groups is 1. The van der Waals surface area contributed by atoms with Crippen LogP contribution in [0.15, 0.2) is 40.9 Å². The van der Waals surface area contributed by atoms with E-state index in [-0.39, 0.29) is 15.2 Å². The molecule has 12 heteroatoms. The second-order valence-corrected chi connectivity index (χ2v) is 10.2. The summed E-state index contributed by atoms with van der Waals surface area (Å²) in [7, 11) is 0. The molecule has 28 heavy (non-hydrogen) atoms. The highest BCUT2D eigenvalue weighted by Crippen LogP contribution is 2.34. The van der Waals surface area contributed by atoms with Gasteiger partial charge in [-0.1, -0.05) is 85.5 Å². The van der Waals surface area contributed by atoms with Gasteiger partial charge >= 0.3 is 0 Å². The number of nitrogens with one attached hydrogen (secondary N) is 3. The van der Waals surface area contributed by atoms with Crippen LogP contribution in [0.4, 0.5) is 5.69 Å². The Kier molecular flexibility index (Phi) is 8.80. The van der Waals surface area contributed by atoms with Crippen LogP contribution in [0.2, 0.25) is 15.1 Å². The fourth-order valence-electron chi connectivity index (χ4n) is 1.96. The maximum Gasteiger partial charge on any atom is 0.252 e.